The molecule has 2 aliphatic rings. The fraction of sp³-hybridized carbons (Fsp3) is 1.00. The molecule has 0 aromatic rings. The van der Waals surface area contributed by atoms with Gasteiger partial charge in [0.05, 0.1) is 6.61 Å². The highest BCUT2D eigenvalue weighted by Crippen LogP contribution is 2.61. The summed E-state index contributed by atoms with van der Waals surface area (Å²) >= 11 is 0. The molecule has 2 atom stereocenters. The van der Waals surface area contributed by atoms with E-state index in [2.05, 4.69) is 5.32 Å². The van der Waals surface area contributed by atoms with E-state index < -0.39 is 12.8 Å². The molecule has 0 aromatic carbocycles. The molecule has 124 valence electrons. The van der Waals surface area contributed by atoms with Crippen molar-refractivity contribution in [3.8, 4) is 0 Å². The summed E-state index contributed by atoms with van der Waals surface area (Å²) in [5.41, 5.74) is 0.267. The van der Waals surface area contributed by atoms with Crippen molar-refractivity contribution < 1.29 is 22.6 Å². The van der Waals surface area contributed by atoms with Crippen LogP contribution in [-0.4, -0.2) is 46.2 Å². The van der Waals surface area contributed by atoms with E-state index in [0.717, 1.165) is 31.3 Å². The van der Waals surface area contributed by atoms with E-state index in [-0.39, 0.29) is 12.0 Å². The first-order valence-electron chi connectivity index (χ1n) is 7.78. The summed E-state index contributed by atoms with van der Waals surface area (Å²) in [6.07, 6.45) is 1.24. The topological polar surface area (TPSA) is 30.5 Å². The lowest BCUT2D eigenvalue weighted by Gasteiger charge is -2.31. The number of hydrogen-bond acceptors (Lipinski definition) is 3. The van der Waals surface area contributed by atoms with Gasteiger partial charge in [0.2, 0.25) is 0 Å². The summed E-state index contributed by atoms with van der Waals surface area (Å²) in [7, 11) is 1.68. The van der Waals surface area contributed by atoms with Crippen LogP contribution in [-0.2, 0) is 9.47 Å². The van der Waals surface area contributed by atoms with Crippen molar-refractivity contribution in [3.63, 3.8) is 0 Å². The van der Waals surface area contributed by atoms with E-state index >= 15 is 0 Å². The quantitative estimate of drug-likeness (QED) is 0.629. The van der Waals surface area contributed by atoms with Gasteiger partial charge in [-0.3, -0.25) is 0 Å². The molecular formula is C15H26F3NO2. The Morgan fingerprint density at radius 3 is 2.52 bits per heavy atom. The Labute approximate surface area is 124 Å². The van der Waals surface area contributed by atoms with Crippen molar-refractivity contribution in [3.05, 3.63) is 0 Å². The van der Waals surface area contributed by atoms with Crippen LogP contribution in [0.15, 0.2) is 0 Å². The Kier molecular flexibility index (Phi) is 5.91. The molecule has 0 spiro atoms. The number of ether oxygens (including phenoxy) is 2. The molecule has 0 saturated heterocycles. The fourth-order valence-electron chi connectivity index (χ4n) is 3.71. The van der Waals surface area contributed by atoms with Crippen LogP contribution in [0.4, 0.5) is 13.2 Å². The Morgan fingerprint density at radius 2 is 1.90 bits per heavy atom. The molecule has 6 heteroatoms. The maximum absolute atomic E-state index is 12.0. The lowest BCUT2D eigenvalue weighted by atomic mass is 9.78. The van der Waals surface area contributed by atoms with Crippen LogP contribution in [0.2, 0.25) is 0 Å². The second-order valence-electron chi connectivity index (χ2n) is 6.61. The van der Waals surface area contributed by atoms with Crippen molar-refractivity contribution in [1.29, 1.82) is 0 Å². The maximum atomic E-state index is 12.0. The minimum Gasteiger partial charge on any atom is -0.383 e. The smallest absolute Gasteiger partial charge is 0.383 e. The van der Waals surface area contributed by atoms with E-state index in [1.165, 1.54) is 19.3 Å². The molecule has 1 N–H and O–H groups in total. The van der Waals surface area contributed by atoms with Gasteiger partial charge in [0.25, 0.3) is 0 Å². The van der Waals surface area contributed by atoms with Gasteiger partial charge in [0, 0.05) is 26.8 Å². The zero-order chi connectivity index (χ0) is 15.3. The first-order chi connectivity index (χ1) is 9.94. The van der Waals surface area contributed by atoms with Crippen LogP contribution in [0.5, 0.6) is 0 Å². The van der Waals surface area contributed by atoms with E-state index in [0.29, 0.717) is 13.0 Å². The Balaban J connectivity index is 1.65. The molecule has 0 amide bonds. The van der Waals surface area contributed by atoms with Crippen LogP contribution in [0.3, 0.4) is 0 Å². The molecule has 0 heterocycles. The molecule has 0 radical (unpaired) electrons. The third kappa shape index (κ3) is 5.75. The molecule has 21 heavy (non-hydrogen) atoms. The average molecular weight is 309 g/mol. The standard InChI is InChI=1S/C15H26F3NO2/c1-20-6-4-19-10-14(8-12-7-13(12)9-14)3-2-5-21-11-15(16,17)18/h12-13,19H,2-11H2,1H3. The van der Waals surface area contributed by atoms with E-state index in [4.69, 9.17) is 9.47 Å². The molecule has 2 saturated carbocycles. The summed E-state index contributed by atoms with van der Waals surface area (Å²) in [6, 6.07) is 0. The monoisotopic (exact) mass is 309 g/mol. The Bertz CT molecular complexity index is 313. The summed E-state index contributed by atoms with van der Waals surface area (Å²) in [4.78, 5) is 0. The molecule has 2 rings (SSSR count). The number of hydrogen-bond donors (Lipinski definition) is 1. The zero-order valence-electron chi connectivity index (χ0n) is 12.7. The van der Waals surface area contributed by atoms with Gasteiger partial charge in [-0.2, -0.15) is 13.2 Å². The van der Waals surface area contributed by atoms with Crippen LogP contribution >= 0.6 is 0 Å². The Hall–Kier alpha value is -0.330. The molecule has 2 unspecified atom stereocenters. The first kappa shape index (κ1) is 17.0. The van der Waals surface area contributed by atoms with E-state index in [1.54, 1.807) is 7.11 Å². The minimum atomic E-state index is -4.21. The number of methoxy groups -OCH3 is 1. The predicted molar refractivity (Wildman–Crippen MR) is 74.1 cm³/mol. The van der Waals surface area contributed by atoms with Gasteiger partial charge >= 0.3 is 6.18 Å². The van der Waals surface area contributed by atoms with Crippen molar-refractivity contribution in [1.82, 2.24) is 5.32 Å². The molecule has 2 aliphatic carbocycles. The number of alkyl halides is 3. The molecule has 3 nitrogen and oxygen atoms in total. The summed E-state index contributed by atoms with van der Waals surface area (Å²) < 4.78 is 45.8. The normalized spacial score (nSPS) is 31.4. The van der Waals surface area contributed by atoms with Gasteiger partial charge in [-0.25, -0.2) is 0 Å². The van der Waals surface area contributed by atoms with Gasteiger partial charge in [-0.1, -0.05) is 0 Å². The molecule has 0 bridgehead atoms. The lowest BCUT2D eigenvalue weighted by Crippen LogP contribution is -2.35. The highest BCUT2D eigenvalue weighted by molar-refractivity contribution is 5.04. The van der Waals surface area contributed by atoms with Gasteiger partial charge in [-0.05, 0) is 49.4 Å². The van der Waals surface area contributed by atoms with Crippen LogP contribution in [0.25, 0.3) is 0 Å². The largest absolute Gasteiger partial charge is 0.411 e. The van der Waals surface area contributed by atoms with Crippen molar-refractivity contribution in [2.45, 2.75) is 38.3 Å². The van der Waals surface area contributed by atoms with Crippen LogP contribution < -0.4 is 5.32 Å². The highest BCUT2D eigenvalue weighted by atomic mass is 19.4. The van der Waals surface area contributed by atoms with Crippen LogP contribution in [0.1, 0.15) is 32.1 Å². The van der Waals surface area contributed by atoms with Gasteiger partial charge in [-0.15, -0.1) is 0 Å². The maximum Gasteiger partial charge on any atom is 0.411 e. The summed E-state index contributed by atoms with van der Waals surface area (Å²) in [5.74, 6) is 1.73. The first-order valence-corrected chi connectivity index (χ1v) is 7.78. The van der Waals surface area contributed by atoms with E-state index in [1.807, 2.05) is 0 Å². The number of nitrogens with one attached hydrogen (secondary N) is 1. The fourth-order valence-corrected chi connectivity index (χ4v) is 3.71. The van der Waals surface area contributed by atoms with Crippen LogP contribution in [0, 0.1) is 17.3 Å². The van der Waals surface area contributed by atoms with Gasteiger partial charge < -0.3 is 14.8 Å². The lowest BCUT2D eigenvalue weighted by molar-refractivity contribution is -0.174. The second kappa shape index (κ2) is 7.29. The summed E-state index contributed by atoms with van der Waals surface area (Å²) in [6.45, 7) is 1.55. The second-order valence-corrected chi connectivity index (χ2v) is 6.61. The van der Waals surface area contributed by atoms with Crippen molar-refractivity contribution >= 4 is 0 Å². The zero-order valence-corrected chi connectivity index (χ0v) is 12.7. The van der Waals surface area contributed by atoms with Crippen molar-refractivity contribution in [2.75, 3.05) is 40.0 Å². The molecule has 2 fully saturated rings. The van der Waals surface area contributed by atoms with Gasteiger partial charge in [0.15, 0.2) is 0 Å². The molecule has 0 aromatic heterocycles. The molecule has 0 aliphatic heterocycles. The number of fused-ring (bicyclic) bond motifs is 1. The highest BCUT2D eigenvalue weighted by Gasteiger charge is 2.52. The average Bonchev–Trinajstić information content (AvgIpc) is 3.01. The molecular weight excluding hydrogens is 283 g/mol. The van der Waals surface area contributed by atoms with Gasteiger partial charge in [0.1, 0.15) is 6.61 Å². The number of halogens is 3. The van der Waals surface area contributed by atoms with E-state index in [9.17, 15) is 13.2 Å². The Morgan fingerprint density at radius 1 is 1.19 bits per heavy atom. The minimum absolute atomic E-state index is 0.203. The number of rotatable bonds is 10. The summed E-state index contributed by atoms with van der Waals surface area (Å²) in [5, 5.41) is 3.43. The predicted octanol–water partition coefficient (Wildman–Crippen LogP) is 3.00. The SMILES string of the molecule is COCCNCC1(CCCOCC(F)(F)F)CC2CC2C1. The van der Waals surface area contributed by atoms with Crippen molar-refractivity contribution in [2.24, 2.45) is 17.3 Å². The third-order valence-electron chi connectivity index (χ3n) is 4.70. The third-order valence-corrected chi connectivity index (χ3v) is 4.70.